The van der Waals surface area contributed by atoms with Crippen LogP contribution in [0.4, 0.5) is 5.69 Å². The van der Waals surface area contributed by atoms with Gasteiger partial charge in [-0.1, -0.05) is 54.4 Å². The first-order valence-corrected chi connectivity index (χ1v) is 12.0. The Morgan fingerprint density at radius 1 is 1.14 bits per heavy atom. The third-order valence-electron chi connectivity index (χ3n) is 4.61. The van der Waals surface area contributed by atoms with Crippen molar-refractivity contribution >= 4 is 44.8 Å². The molecule has 29 heavy (non-hydrogen) atoms. The Bertz CT molecular complexity index is 947. The molecule has 0 bridgehead atoms. The molecular weight excluding hydrogens is 431 g/mol. The van der Waals surface area contributed by atoms with Crippen LogP contribution < -0.4 is 9.62 Å². The molecular formula is C21H26Cl2N2O3S. The molecule has 8 heteroatoms. The van der Waals surface area contributed by atoms with Crippen molar-refractivity contribution in [2.45, 2.75) is 39.2 Å². The van der Waals surface area contributed by atoms with Gasteiger partial charge in [0.1, 0.15) is 0 Å². The summed E-state index contributed by atoms with van der Waals surface area (Å²) in [4.78, 5) is 12.3. The summed E-state index contributed by atoms with van der Waals surface area (Å²) in [5.74, 6) is -0.136. The van der Waals surface area contributed by atoms with Crippen LogP contribution in [0.1, 0.15) is 43.9 Å². The molecule has 5 nitrogen and oxygen atoms in total. The number of nitrogens with zero attached hydrogens (tertiary/aromatic N) is 1. The average Bonchev–Trinajstić information content (AvgIpc) is 2.66. The summed E-state index contributed by atoms with van der Waals surface area (Å²) in [6, 6.07) is 12.7. The third kappa shape index (κ3) is 6.91. The average molecular weight is 457 g/mol. The molecule has 158 valence electrons. The zero-order chi connectivity index (χ0) is 21.6. The SMILES string of the molecule is CCc1ccc(C(C)NC(=O)CCCN(c2cc(Cl)ccc2Cl)S(C)(=O)=O)cc1. The second-order valence-corrected chi connectivity index (χ2v) is 9.67. The largest absolute Gasteiger partial charge is 0.350 e. The predicted molar refractivity (Wildman–Crippen MR) is 120 cm³/mol. The molecule has 0 spiro atoms. The second kappa shape index (κ2) is 10.3. The summed E-state index contributed by atoms with van der Waals surface area (Å²) in [5, 5.41) is 3.63. The highest BCUT2D eigenvalue weighted by Crippen LogP contribution is 2.30. The summed E-state index contributed by atoms with van der Waals surface area (Å²) >= 11 is 12.1. The maximum absolute atomic E-state index is 12.3. The zero-order valence-corrected chi connectivity index (χ0v) is 19.1. The molecule has 1 atom stereocenters. The maximum atomic E-state index is 12.3. The van der Waals surface area contributed by atoms with E-state index < -0.39 is 10.0 Å². The maximum Gasteiger partial charge on any atom is 0.232 e. The molecule has 0 aliphatic carbocycles. The van der Waals surface area contributed by atoms with Crippen LogP contribution in [0.3, 0.4) is 0 Å². The summed E-state index contributed by atoms with van der Waals surface area (Å²) in [5.41, 5.74) is 2.58. The number of carbonyl (C=O) groups excluding carboxylic acids is 1. The molecule has 0 heterocycles. The number of rotatable bonds is 9. The lowest BCUT2D eigenvalue weighted by atomic mass is 10.0. The van der Waals surface area contributed by atoms with Crippen LogP contribution in [-0.4, -0.2) is 27.1 Å². The molecule has 2 aromatic carbocycles. The molecule has 2 aromatic rings. The van der Waals surface area contributed by atoms with E-state index in [1.165, 1.54) is 15.9 Å². The molecule has 0 saturated carbocycles. The topological polar surface area (TPSA) is 66.5 Å². The first-order valence-electron chi connectivity index (χ1n) is 9.42. The number of carbonyl (C=O) groups is 1. The Morgan fingerprint density at radius 2 is 1.79 bits per heavy atom. The first-order chi connectivity index (χ1) is 13.6. The van der Waals surface area contributed by atoms with E-state index in [4.69, 9.17) is 23.2 Å². The van der Waals surface area contributed by atoms with Gasteiger partial charge in [-0.2, -0.15) is 0 Å². The minimum atomic E-state index is -3.57. The Labute approximate surface area is 183 Å². The number of hydrogen-bond acceptors (Lipinski definition) is 3. The highest BCUT2D eigenvalue weighted by atomic mass is 35.5. The van der Waals surface area contributed by atoms with Crippen LogP contribution in [0.25, 0.3) is 0 Å². The molecule has 1 amide bonds. The second-order valence-electron chi connectivity index (χ2n) is 6.92. The van der Waals surface area contributed by atoms with Crippen LogP contribution in [0.2, 0.25) is 10.0 Å². The van der Waals surface area contributed by atoms with E-state index in [0.29, 0.717) is 17.1 Å². The predicted octanol–water partition coefficient (Wildman–Crippen LogP) is 4.98. The highest BCUT2D eigenvalue weighted by molar-refractivity contribution is 7.92. The quantitative estimate of drug-likeness (QED) is 0.578. The molecule has 0 aliphatic heterocycles. The molecule has 1 unspecified atom stereocenters. The fraction of sp³-hybridized carbons (Fsp3) is 0.381. The smallest absolute Gasteiger partial charge is 0.232 e. The van der Waals surface area contributed by atoms with Gasteiger partial charge in [0.15, 0.2) is 0 Å². The van der Waals surface area contributed by atoms with Gasteiger partial charge in [-0.05, 0) is 49.1 Å². The Balaban J connectivity index is 1.96. The summed E-state index contributed by atoms with van der Waals surface area (Å²) in [7, 11) is -3.57. The highest BCUT2D eigenvalue weighted by Gasteiger charge is 2.21. The van der Waals surface area contributed by atoms with Crippen molar-refractivity contribution in [2.75, 3.05) is 17.1 Å². The zero-order valence-electron chi connectivity index (χ0n) is 16.8. The van der Waals surface area contributed by atoms with Crippen molar-refractivity contribution in [3.63, 3.8) is 0 Å². The monoisotopic (exact) mass is 456 g/mol. The Hall–Kier alpha value is -1.76. The number of sulfonamides is 1. The third-order valence-corrected chi connectivity index (χ3v) is 6.34. The van der Waals surface area contributed by atoms with E-state index in [-0.39, 0.29) is 29.9 Å². The lowest BCUT2D eigenvalue weighted by molar-refractivity contribution is -0.121. The van der Waals surface area contributed by atoms with Gasteiger partial charge in [0.25, 0.3) is 0 Å². The van der Waals surface area contributed by atoms with Gasteiger partial charge >= 0.3 is 0 Å². The number of nitrogens with one attached hydrogen (secondary N) is 1. The van der Waals surface area contributed by atoms with E-state index in [1.807, 2.05) is 19.1 Å². The number of hydrogen-bond donors (Lipinski definition) is 1. The van der Waals surface area contributed by atoms with Gasteiger partial charge in [-0.15, -0.1) is 0 Å². The Kier molecular flexibility index (Phi) is 8.37. The number of aryl methyl sites for hydroxylation is 1. The minimum Gasteiger partial charge on any atom is -0.350 e. The van der Waals surface area contributed by atoms with Crippen molar-refractivity contribution in [2.24, 2.45) is 0 Å². The van der Waals surface area contributed by atoms with E-state index in [9.17, 15) is 13.2 Å². The van der Waals surface area contributed by atoms with Crippen LogP contribution in [0.15, 0.2) is 42.5 Å². The fourth-order valence-electron chi connectivity index (χ4n) is 2.96. The van der Waals surface area contributed by atoms with Gasteiger partial charge in [0, 0.05) is 18.0 Å². The van der Waals surface area contributed by atoms with Crippen LogP contribution >= 0.6 is 23.2 Å². The number of anilines is 1. The van der Waals surface area contributed by atoms with Crippen molar-refractivity contribution in [1.29, 1.82) is 0 Å². The molecule has 0 aliphatic rings. The molecule has 1 N–H and O–H groups in total. The van der Waals surface area contributed by atoms with Gasteiger partial charge in [0.2, 0.25) is 15.9 Å². The summed E-state index contributed by atoms with van der Waals surface area (Å²) in [6.45, 7) is 4.15. The molecule has 0 radical (unpaired) electrons. The van der Waals surface area contributed by atoms with Gasteiger partial charge in [-0.25, -0.2) is 8.42 Å². The lowest BCUT2D eigenvalue weighted by Gasteiger charge is -2.23. The standard InChI is InChI=1S/C21H26Cl2N2O3S/c1-4-16-7-9-17(10-8-16)15(2)24-21(26)6-5-13-25(29(3,27)28)20-14-18(22)11-12-19(20)23/h7-12,14-15H,4-6,13H2,1-3H3,(H,24,26). The first kappa shape index (κ1) is 23.5. The van der Waals surface area contributed by atoms with E-state index >= 15 is 0 Å². The summed E-state index contributed by atoms with van der Waals surface area (Å²) < 4.78 is 25.6. The normalized spacial score (nSPS) is 12.4. The molecule has 0 aromatic heterocycles. The van der Waals surface area contributed by atoms with Crippen LogP contribution in [0, 0.1) is 0 Å². The molecule has 0 saturated heterocycles. The van der Waals surface area contributed by atoms with Crippen molar-refractivity contribution < 1.29 is 13.2 Å². The van der Waals surface area contributed by atoms with Gasteiger partial charge in [-0.3, -0.25) is 9.10 Å². The van der Waals surface area contributed by atoms with E-state index in [2.05, 4.69) is 24.4 Å². The van der Waals surface area contributed by atoms with Crippen LogP contribution in [-0.2, 0) is 21.2 Å². The summed E-state index contributed by atoms with van der Waals surface area (Å²) in [6.07, 6.45) is 2.62. The van der Waals surface area contributed by atoms with Crippen LogP contribution in [0.5, 0.6) is 0 Å². The number of benzene rings is 2. The lowest BCUT2D eigenvalue weighted by Crippen LogP contribution is -2.32. The Morgan fingerprint density at radius 3 is 2.38 bits per heavy atom. The van der Waals surface area contributed by atoms with Gasteiger partial charge < -0.3 is 5.32 Å². The number of amides is 1. The van der Waals surface area contributed by atoms with Crippen molar-refractivity contribution in [1.82, 2.24) is 5.32 Å². The van der Waals surface area contributed by atoms with Crippen molar-refractivity contribution in [3.8, 4) is 0 Å². The van der Waals surface area contributed by atoms with Crippen molar-refractivity contribution in [3.05, 3.63) is 63.6 Å². The van der Waals surface area contributed by atoms with E-state index in [0.717, 1.165) is 18.2 Å². The fourth-order valence-corrected chi connectivity index (χ4v) is 4.37. The van der Waals surface area contributed by atoms with E-state index in [1.54, 1.807) is 12.1 Å². The minimum absolute atomic E-state index is 0.123. The number of halogens is 2. The molecule has 0 fully saturated rings. The van der Waals surface area contributed by atoms with Gasteiger partial charge in [0.05, 0.1) is 23.0 Å². The molecule has 2 rings (SSSR count).